The first-order valence-electron chi connectivity index (χ1n) is 9.74. The fraction of sp³-hybridized carbons (Fsp3) is 0.857. The summed E-state index contributed by atoms with van der Waals surface area (Å²) < 4.78 is 0. The monoisotopic (exact) mass is 316 g/mol. The van der Waals surface area contributed by atoms with Crippen molar-refractivity contribution < 1.29 is 9.90 Å². The van der Waals surface area contributed by atoms with Crippen LogP contribution in [0.4, 0.5) is 0 Å². The number of fused-ring (bicyclic) bond motifs is 5. The minimum atomic E-state index is -0.117. The van der Waals surface area contributed by atoms with Gasteiger partial charge in [-0.2, -0.15) is 0 Å². The van der Waals surface area contributed by atoms with E-state index in [1.54, 1.807) is 5.57 Å². The van der Waals surface area contributed by atoms with Gasteiger partial charge in [-0.15, -0.1) is 0 Å². The first-order valence-corrected chi connectivity index (χ1v) is 9.74. The fourth-order valence-electron chi connectivity index (χ4n) is 7.31. The molecule has 0 bridgehead atoms. The highest BCUT2D eigenvalue weighted by molar-refractivity contribution is 5.79. The second-order valence-corrected chi connectivity index (χ2v) is 9.44. The molecule has 0 aromatic carbocycles. The van der Waals surface area contributed by atoms with Gasteiger partial charge < -0.3 is 5.11 Å². The molecule has 0 radical (unpaired) electrons. The van der Waals surface area contributed by atoms with Gasteiger partial charge in [-0.05, 0) is 86.9 Å². The van der Waals surface area contributed by atoms with Crippen LogP contribution < -0.4 is 0 Å². The summed E-state index contributed by atoms with van der Waals surface area (Å²) in [6, 6.07) is 0. The SMILES string of the molecule is CC(=O)[C@H]1CCC2C3CC=C4C[C@@H](O)CC[C@]4(C)C3CCC21C. The van der Waals surface area contributed by atoms with Crippen LogP contribution in [-0.4, -0.2) is 17.0 Å². The summed E-state index contributed by atoms with van der Waals surface area (Å²) in [4.78, 5) is 12.2. The Hall–Kier alpha value is -0.630. The molecule has 0 saturated heterocycles. The zero-order valence-electron chi connectivity index (χ0n) is 15.0. The van der Waals surface area contributed by atoms with Crippen LogP contribution in [0.1, 0.15) is 72.1 Å². The third kappa shape index (κ3) is 2.13. The Bertz CT molecular complexity index is 550. The Balaban J connectivity index is 1.66. The van der Waals surface area contributed by atoms with Crippen molar-refractivity contribution in [3.8, 4) is 0 Å². The maximum atomic E-state index is 12.2. The highest BCUT2D eigenvalue weighted by atomic mass is 16.3. The van der Waals surface area contributed by atoms with Gasteiger partial charge in [0.2, 0.25) is 0 Å². The first kappa shape index (κ1) is 15.9. The largest absolute Gasteiger partial charge is 0.393 e. The molecule has 0 amide bonds. The Morgan fingerprint density at radius 3 is 2.65 bits per heavy atom. The summed E-state index contributed by atoms with van der Waals surface area (Å²) >= 11 is 0. The van der Waals surface area contributed by atoms with Crippen molar-refractivity contribution in [1.29, 1.82) is 0 Å². The normalized spacial score (nSPS) is 52.2. The molecule has 2 nitrogen and oxygen atoms in total. The fourth-order valence-corrected chi connectivity index (χ4v) is 7.31. The lowest BCUT2D eigenvalue weighted by atomic mass is 9.47. The van der Waals surface area contributed by atoms with Crippen molar-refractivity contribution >= 4 is 5.78 Å². The first-order chi connectivity index (χ1) is 10.9. The molecule has 7 atom stereocenters. The lowest BCUT2D eigenvalue weighted by Gasteiger charge is -2.57. The Morgan fingerprint density at radius 1 is 1.13 bits per heavy atom. The van der Waals surface area contributed by atoms with Crippen molar-refractivity contribution in [3.63, 3.8) is 0 Å². The van der Waals surface area contributed by atoms with E-state index in [0.717, 1.165) is 43.4 Å². The van der Waals surface area contributed by atoms with E-state index < -0.39 is 0 Å². The smallest absolute Gasteiger partial charge is 0.133 e. The van der Waals surface area contributed by atoms with Crippen LogP contribution in [0.15, 0.2) is 11.6 Å². The van der Waals surface area contributed by atoms with Gasteiger partial charge in [0.05, 0.1) is 6.10 Å². The van der Waals surface area contributed by atoms with Gasteiger partial charge in [-0.25, -0.2) is 0 Å². The molecule has 128 valence electrons. The predicted octanol–water partition coefficient (Wildman–Crippen LogP) is 4.52. The summed E-state index contributed by atoms with van der Waals surface area (Å²) in [5.74, 6) is 3.00. The van der Waals surface area contributed by atoms with E-state index in [-0.39, 0.29) is 11.5 Å². The summed E-state index contributed by atoms with van der Waals surface area (Å²) in [6.45, 7) is 6.70. The maximum Gasteiger partial charge on any atom is 0.133 e. The van der Waals surface area contributed by atoms with E-state index in [2.05, 4.69) is 19.9 Å². The van der Waals surface area contributed by atoms with E-state index in [9.17, 15) is 9.90 Å². The van der Waals surface area contributed by atoms with Gasteiger partial charge in [-0.1, -0.05) is 25.5 Å². The zero-order chi connectivity index (χ0) is 16.4. The number of hydrogen-bond donors (Lipinski definition) is 1. The number of aliphatic hydroxyl groups is 1. The van der Waals surface area contributed by atoms with Crippen LogP contribution in [0, 0.1) is 34.5 Å². The molecule has 0 heterocycles. The summed E-state index contributed by atoms with van der Waals surface area (Å²) in [5, 5.41) is 10.1. The minimum absolute atomic E-state index is 0.117. The maximum absolute atomic E-state index is 12.2. The van der Waals surface area contributed by atoms with Crippen LogP contribution in [0.3, 0.4) is 0 Å². The van der Waals surface area contributed by atoms with E-state index in [4.69, 9.17) is 0 Å². The van der Waals surface area contributed by atoms with Crippen LogP contribution in [0.5, 0.6) is 0 Å². The number of carbonyl (C=O) groups excluding carboxylic acids is 1. The number of ketones is 1. The van der Waals surface area contributed by atoms with Crippen LogP contribution in [-0.2, 0) is 4.79 Å². The van der Waals surface area contributed by atoms with Crippen molar-refractivity contribution in [2.24, 2.45) is 34.5 Å². The molecule has 0 spiro atoms. The van der Waals surface area contributed by atoms with Gasteiger partial charge in [0.1, 0.15) is 5.78 Å². The molecular formula is C21H32O2. The molecule has 3 saturated carbocycles. The summed E-state index contributed by atoms with van der Waals surface area (Å²) in [5.41, 5.74) is 2.11. The highest BCUT2D eigenvalue weighted by Gasteiger charge is 2.59. The molecule has 2 heteroatoms. The van der Waals surface area contributed by atoms with Crippen molar-refractivity contribution in [2.75, 3.05) is 0 Å². The average Bonchev–Trinajstić information content (AvgIpc) is 2.85. The van der Waals surface area contributed by atoms with Gasteiger partial charge in [0, 0.05) is 5.92 Å². The van der Waals surface area contributed by atoms with E-state index in [1.165, 1.54) is 25.7 Å². The van der Waals surface area contributed by atoms with E-state index in [0.29, 0.717) is 17.1 Å². The second kappa shape index (κ2) is 5.18. The van der Waals surface area contributed by atoms with Crippen molar-refractivity contribution in [1.82, 2.24) is 0 Å². The number of rotatable bonds is 1. The molecule has 4 aliphatic carbocycles. The molecular weight excluding hydrogens is 284 g/mol. The zero-order valence-corrected chi connectivity index (χ0v) is 15.0. The van der Waals surface area contributed by atoms with Crippen molar-refractivity contribution in [3.05, 3.63) is 11.6 Å². The summed E-state index contributed by atoms with van der Waals surface area (Å²) in [6.07, 6.45) is 11.5. The molecule has 3 fully saturated rings. The van der Waals surface area contributed by atoms with Crippen LogP contribution in [0.25, 0.3) is 0 Å². The van der Waals surface area contributed by atoms with Crippen LogP contribution in [0.2, 0.25) is 0 Å². The van der Waals surface area contributed by atoms with Gasteiger partial charge in [0.25, 0.3) is 0 Å². The van der Waals surface area contributed by atoms with Crippen molar-refractivity contribution in [2.45, 2.75) is 78.2 Å². The molecule has 0 aliphatic heterocycles. The molecule has 4 aliphatic rings. The number of Topliss-reactive ketones (excluding diaryl/α,β-unsaturated/α-hetero) is 1. The third-order valence-corrected chi connectivity index (χ3v) is 8.57. The molecule has 4 rings (SSSR count). The number of hydrogen-bond acceptors (Lipinski definition) is 2. The topological polar surface area (TPSA) is 37.3 Å². The second-order valence-electron chi connectivity index (χ2n) is 9.44. The Morgan fingerprint density at radius 2 is 1.91 bits per heavy atom. The number of allylic oxidation sites excluding steroid dienone is 1. The Kier molecular flexibility index (Phi) is 3.58. The molecule has 23 heavy (non-hydrogen) atoms. The highest BCUT2D eigenvalue weighted by Crippen LogP contribution is 2.66. The molecule has 0 aromatic heterocycles. The third-order valence-electron chi connectivity index (χ3n) is 8.57. The Labute approximate surface area is 140 Å². The number of carbonyl (C=O) groups is 1. The minimum Gasteiger partial charge on any atom is -0.393 e. The van der Waals surface area contributed by atoms with E-state index in [1.807, 2.05) is 6.92 Å². The van der Waals surface area contributed by atoms with Gasteiger partial charge in [0.15, 0.2) is 0 Å². The predicted molar refractivity (Wildman–Crippen MR) is 91.9 cm³/mol. The quantitative estimate of drug-likeness (QED) is 0.722. The number of aliphatic hydroxyl groups excluding tert-OH is 1. The molecule has 0 aromatic rings. The van der Waals surface area contributed by atoms with E-state index >= 15 is 0 Å². The van der Waals surface area contributed by atoms with Gasteiger partial charge >= 0.3 is 0 Å². The van der Waals surface area contributed by atoms with Crippen LogP contribution >= 0.6 is 0 Å². The van der Waals surface area contributed by atoms with Gasteiger partial charge in [-0.3, -0.25) is 4.79 Å². The summed E-state index contributed by atoms with van der Waals surface area (Å²) in [7, 11) is 0. The molecule has 4 unspecified atom stereocenters. The standard InChI is InChI=1S/C21H32O2/c1-13(22)17-6-7-18-16-5-4-14-12-15(23)8-10-20(14,2)19(16)9-11-21(17,18)3/h4,15-19,23H,5-12H2,1-3H3/t15-,16?,17+,18?,19?,20-,21?/m0/s1. The lowest BCUT2D eigenvalue weighted by molar-refractivity contribution is -0.127. The molecule has 1 N–H and O–H groups in total. The average molecular weight is 316 g/mol. The lowest BCUT2D eigenvalue weighted by Crippen LogP contribution is -2.50.